The van der Waals surface area contributed by atoms with Crippen molar-refractivity contribution < 1.29 is 0 Å². The van der Waals surface area contributed by atoms with Gasteiger partial charge in [-0.15, -0.1) is 0 Å². The van der Waals surface area contributed by atoms with Gasteiger partial charge >= 0.3 is 0 Å². The van der Waals surface area contributed by atoms with Gasteiger partial charge in [-0.05, 0) is 66.4 Å². The monoisotopic (exact) mass is 307 g/mol. The molecule has 0 saturated carbocycles. The molecule has 0 fully saturated rings. The molecule has 0 amide bonds. The van der Waals surface area contributed by atoms with Crippen molar-refractivity contribution >= 4 is 23.2 Å². The second-order valence-corrected chi connectivity index (χ2v) is 5.82. The zero-order valence-electron chi connectivity index (χ0n) is 12.1. The molecule has 0 unspecified atom stereocenters. The highest BCUT2D eigenvalue weighted by atomic mass is 35.5. The van der Waals surface area contributed by atoms with Gasteiger partial charge in [-0.2, -0.15) is 0 Å². The van der Waals surface area contributed by atoms with Crippen molar-refractivity contribution in [3.05, 3.63) is 57.1 Å². The Morgan fingerprint density at radius 2 is 1.70 bits per heavy atom. The molecule has 0 aliphatic heterocycles. The molecule has 2 aromatic carbocycles. The lowest BCUT2D eigenvalue weighted by molar-refractivity contribution is 0.727. The zero-order chi connectivity index (χ0) is 14.7. The van der Waals surface area contributed by atoms with Gasteiger partial charge in [0, 0.05) is 16.6 Å². The minimum atomic E-state index is 0.800. The molecule has 0 bridgehead atoms. The summed E-state index contributed by atoms with van der Waals surface area (Å²) in [6.07, 6.45) is 0. The van der Waals surface area contributed by atoms with Gasteiger partial charge < -0.3 is 5.32 Å². The van der Waals surface area contributed by atoms with Crippen LogP contribution in [0.25, 0.3) is 11.1 Å². The van der Waals surface area contributed by atoms with Gasteiger partial charge in [0.05, 0.1) is 0 Å². The van der Waals surface area contributed by atoms with Crippen molar-refractivity contribution in [2.24, 2.45) is 0 Å². The first kappa shape index (κ1) is 15.4. The summed E-state index contributed by atoms with van der Waals surface area (Å²) in [6, 6.07) is 10.4. The first-order valence-corrected chi connectivity index (χ1v) is 7.54. The Labute approximate surface area is 130 Å². The Kier molecular flexibility index (Phi) is 5.09. The minimum Gasteiger partial charge on any atom is -0.313 e. The number of aryl methyl sites for hydroxylation is 2. The summed E-state index contributed by atoms with van der Waals surface area (Å²) in [5, 5.41) is 4.90. The van der Waals surface area contributed by atoms with Crippen molar-refractivity contribution in [1.82, 2.24) is 5.32 Å². The average Bonchev–Trinajstić information content (AvgIpc) is 2.41. The second kappa shape index (κ2) is 6.62. The molecule has 106 valence electrons. The number of nitrogens with one attached hydrogen (secondary N) is 1. The third kappa shape index (κ3) is 3.35. The zero-order valence-corrected chi connectivity index (χ0v) is 13.6. The van der Waals surface area contributed by atoms with Gasteiger partial charge in [-0.1, -0.05) is 42.3 Å². The quantitative estimate of drug-likeness (QED) is 0.799. The van der Waals surface area contributed by atoms with Crippen LogP contribution >= 0.6 is 23.2 Å². The summed E-state index contributed by atoms with van der Waals surface area (Å²) in [7, 11) is 0. The van der Waals surface area contributed by atoms with E-state index in [4.69, 9.17) is 23.2 Å². The fraction of sp³-hybridized carbons (Fsp3) is 0.294. The van der Waals surface area contributed by atoms with E-state index in [0.717, 1.165) is 45.4 Å². The van der Waals surface area contributed by atoms with Gasteiger partial charge in [-0.25, -0.2) is 0 Å². The predicted octanol–water partition coefficient (Wildman–Crippen LogP) is 5.39. The SMILES string of the molecule is CCNCc1ccc(-c2cc(C)c(Cl)cc2C)cc1Cl. The highest BCUT2D eigenvalue weighted by Gasteiger charge is 2.08. The van der Waals surface area contributed by atoms with Gasteiger partial charge in [0.1, 0.15) is 0 Å². The topological polar surface area (TPSA) is 12.0 Å². The van der Waals surface area contributed by atoms with E-state index in [-0.39, 0.29) is 0 Å². The van der Waals surface area contributed by atoms with E-state index >= 15 is 0 Å². The van der Waals surface area contributed by atoms with E-state index in [9.17, 15) is 0 Å². The third-order valence-corrected chi connectivity index (χ3v) is 4.19. The lowest BCUT2D eigenvalue weighted by Gasteiger charge is -2.12. The molecule has 0 heterocycles. The Hall–Kier alpha value is -1.02. The molecule has 0 radical (unpaired) electrons. The summed E-state index contributed by atoms with van der Waals surface area (Å²) in [6.45, 7) is 7.91. The molecule has 0 aliphatic carbocycles. The predicted molar refractivity (Wildman–Crippen MR) is 88.8 cm³/mol. The molecule has 1 N–H and O–H groups in total. The maximum atomic E-state index is 6.37. The lowest BCUT2D eigenvalue weighted by atomic mass is 9.97. The van der Waals surface area contributed by atoms with Gasteiger partial charge in [0.25, 0.3) is 0 Å². The number of rotatable bonds is 4. The van der Waals surface area contributed by atoms with E-state index in [1.807, 2.05) is 19.1 Å². The Balaban J connectivity index is 2.39. The van der Waals surface area contributed by atoms with E-state index in [2.05, 4.69) is 37.4 Å². The molecule has 0 spiro atoms. The van der Waals surface area contributed by atoms with Crippen LogP contribution in [-0.4, -0.2) is 6.54 Å². The average molecular weight is 308 g/mol. The molecule has 20 heavy (non-hydrogen) atoms. The molecule has 0 aliphatic rings. The van der Waals surface area contributed by atoms with Crippen molar-refractivity contribution in [3.63, 3.8) is 0 Å². The second-order valence-electron chi connectivity index (χ2n) is 5.00. The van der Waals surface area contributed by atoms with Crippen LogP contribution in [0.15, 0.2) is 30.3 Å². The summed E-state index contributed by atoms with van der Waals surface area (Å²) in [4.78, 5) is 0. The van der Waals surface area contributed by atoms with Crippen LogP contribution in [0.1, 0.15) is 23.6 Å². The molecule has 2 rings (SSSR count). The Morgan fingerprint density at radius 1 is 0.950 bits per heavy atom. The normalized spacial score (nSPS) is 10.8. The molecule has 0 atom stereocenters. The van der Waals surface area contributed by atoms with E-state index in [0.29, 0.717) is 0 Å². The summed E-state index contributed by atoms with van der Waals surface area (Å²) in [5.74, 6) is 0. The maximum Gasteiger partial charge on any atom is 0.0457 e. The van der Waals surface area contributed by atoms with E-state index in [1.165, 1.54) is 5.56 Å². The van der Waals surface area contributed by atoms with Crippen LogP contribution in [0.4, 0.5) is 0 Å². The van der Waals surface area contributed by atoms with Gasteiger partial charge in [0.15, 0.2) is 0 Å². The molecule has 0 saturated heterocycles. The molecular weight excluding hydrogens is 289 g/mol. The molecule has 1 nitrogen and oxygen atoms in total. The smallest absolute Gasteiger partial charge is 0.0457 e. The van der Waals surface area contributed by atoms with Crippen LogP contribution in [0, 0.1) is 13.8 Å². The first-order chi connectivity index (χ1) is 9.52. The van der Waals surface area contributed by atoms with Crippen molar-refractivity contribution in [2.75, 3.05) is 6.54 Å². The third-order valence-electron chi connectivity index (χ3n) is 3.44. The number of hydrogen-bond acceptors (Lipinski definition) is 1. The number of hydrogen-bond donors (Lipinski definition) is 1. The fourth-order valence-electron chi connectivity index (χ4n) is 2.21. The van der Waals surface area contributed by atoms with Crippen LogP contribution in [0.2, 0.25) is 10.0 Å². The fourth-order valence-corrected chi connectivity index (χ4v) is 2.68. The van der Waals surface area contributed by atoms with Crippen LogP contribution < -0.4 is 5.32 Å². The molecule has 2 aromatic rings. The molecular formula is C17H19Cl2N. The van der Waals surface area contributed by atoms with Crippen molar-refractivity contribution in [1.29, 1.82) is 0 Å². The Morgan fingerprint density at radius 3 is 2.35 bits per heavy atom. The highest BCUT2D eigenvalue weighted by molar-refractivity contribution is 6.32. The van der Waals surface area contributed by atoms with Crippen LogP contribution in [0.3, 0.4) is 0 Å². The Bertz CT molecular complexity index is 621. The highest BCUT2D eigenvalue weighted by Crippen LogP contribution is 2.31. The standard InChI is InChI=1S/C17H19Cl2N/c1-4-20-10-14-6-5-13(9-17(14)19)15-7-12(3)16(18)8-11(15)2/h5-9,20H,4,10H2,1-3H3. The van der Waals surface area contributed by atoms with E-state index < -0.39 is 0 Å². The van der Waals surface area contributed by atoms with E-state index in [1.54, 1.807) is 0 Å². The maximum absolute atomic E-state index is 6.37. The number of halogens is 2. The van der Waals surface area contributed by atoms with Crippen molar-refractivity contribution in [2.45, 2.75) is 27.3 Å². The lowest BCUT2D eigenvalue weighted by Crippen LogP contribution is -2.11. The molecule has 3 heteroatoms. The number of benzene rings is 2. The summed E-state index contributed by atoms with van der Waals surface area (Å²) >= 11 is 12.5. The minimum absolute atomic E-state index is 0.800. The van der Waals surface area contributed by atoms with Crippen molar-refractivity contribution in [3.8, 4) is 11.1 Å². The molecule has 0 aromatic heterocycles. The van der Waals surface area contributed by atoms with Gasteiger partial charge in [-0.3, -0.25) is 0 Å². The largest absolute Gasteiger partial charge is 0.313 e. The first-order valence-electron chi connectivity index (χ1n) is 6.79. The van der Waals surface area contributed by atoms with Crippen LogP contribution in [-0.2, 0) is 6.54 Å². The summed E-state index contributed by atoms with van der Waals surface area (Å²) in [5.41, 5.74) is 5.69. The van der Waals surface area contributed by atoms with Crippen LogP contribution in [0.5, 0.6) is 0 Å². The summed E-state index contributed by atoms with van der Waals surface area (Å²) < 4.78 is 0. The van der Waals surface area contributed by atoms with Gasteiger partial charge in [0.2, 0.25) is 0 Å².